The van der Waals surface area contributed by atoms with Crippen molar-refractivity contribution in [1.82, 2.24) is 19.5 Å². The molecule has 1 aliphatic carbocycles. The van der Waals surface area contributed by atoms with E-state index in [4.69, 9.17) is 11.6 Å². The maximum absolute atomic E-state index is 13.1. The van der Waals surface area contributed by atoms with Crippen LogP contribution in [-0.2, 0) is 27.7 Å². The minimum Gasteiger partial charge on any atom is -0.342 e. The number of nitrogens with zero attached hydrogens (tertiary/aromatic N) is 3. The summed E-state index contributed by atoms with van der Waals surface area (Å²) in [5.41, 5.74) is 2.49. The number of hydrogen-bond acceptors (Lipinski definition) is 5. The minimum atomic E-state index is -3.61. The molecule has 4 rings (SSSR count). The van der Waals surface area contributed by atoms with Crippen LogP contribution in [0.5, 0.6) is 0 Å². The Kier molecular flexibility index (Phi) is 6.78. The Bertz CT molecular complexity index is 1130. The summed E-state index contributed by atoms with van der Waals surface area (Å²) >= 11 is 5.85. The van der Waals surface area contributed by atoms with Gasteiger partial charge in [0.1, 0.15) is 5.69 Å². The number of sulfonamides is 1. The van der Waals surface area contributed by atoms with Crippen molar-refractivity contribution < 1.29 is 18.0 Å². The van der Waals surface area contributed by atoms with Crippen molar-refractivity contribution in [1.29, 1.82) is 0 Å². The van der Waals surface area contributed by atoms with Crippen LogP contribution in [0.2, 0.25) is 5.02 Å². The molecule has 8 nitrogen and oxygen atoms in total. The molecule has 1 aromatic heterocycles. The molecule has 0 bridgehead atoms. The number of nitrogens with one attached hydrogen (secondary N) is 1. The van der Waals surface area contributed by atoms with Gasteiger partial charge in [-0.25, -0.2) is 8.42 Å². The molecule has 170 valence electrons. The van der Waals surface area contributed by atoms with Gasteiger partial charge in [0.2, 0.25) is 15.9 Å². The quantitative estimate of drug-likeness (QED) is 0.710. The lowest BCUT2D eigenvalue weighted by Gasteiger charge is -2.34. The summed E-state index contributed by atoms with van der Waals surface area (Å²) in [7, 11) is -3.61. The average molecular weight is 477 g/mol. The first-order chi connectivity index (χ1) is 15.3. The van der Waals surface area contributed by atoms with Crippen LogP contribution in [0.4, 0.5) is 0 Å². The molecule has 1 saturated heterocycles. The second-order valence-electron chi connectivity index (χ2n) is 7.96. The Morgan fingerprint density at radius 3 is 2.44 bits per heavy atom. The van der Waals surface area contributed by atoms with Gasteiger partial charge >= 0.3 is 0 Å². The third-order valence-electron chi connectivity index (χ3n) is 5.90. The largest absolute Gasteiger partial charge is 0.342 e. The molecule has 0 atom stereocenters. The number of aromatic nitrogens is 1. The highest BCUT2D eigenvalue weighted by atomic mass is 35.5. The predicted molar refractivity (Wildman–Crippen MR) is 120 cm³/mol. The van der Waals surface area contributed by atoms with E-state index in [2.05, 4.69) is 10.3 Å². The van der Waals surface area contributed by atoms with Gasteiger partial charge < -0.3 is 10.2 Å². The van der Waals surface area contributed by atoms with E-state index in [-0.39, 0.29) is 44.3 Å². The highest BCUT2D eigenvalue weighted by molar-refractivity contribution is 7.89. The van der Waals surface area contributed by atoms with E-state index in [0.717, 1.165) is 31.2 Å². The second-order valence-corrected chi connectivity index (χ2v) is 10.3. The van der Waals surface area contributed by atoms with E-state index < -0.39 is 15.9 Å². The maximum atomic E-state index is 13.1. The van der Waals surface area contributed by atoms with Crippen LogP contribution in [-0.4, -0.2) is 67.1 Å². The van der Waals surface area contributed by atoms with Crippen LogP contribution < -0.4 is 5.32 Å². The maximum Gasteiger partial charge on any atom is 0.270 e. The number of carbonyl (C=O) groups is 2. The highest BCUT2D eigenvalue weighted by Crippen LogP contribution is 2.26. The summed E-state index contributed by atoms with van der Waals surface area (Å²) in [5.74, 6) is -0.763. The molecule has 2 aliphatic rings. The van der Waals surface area contributed by atoms with Crippen LogP contribution in [0.1, 0.15) is 34.5 Å². The second kappa shape index (κ2) is 9.56. The van der Waals surface area contributed by atoms with Crippen LogP contribution in [0.15, 0.2) is 41.4 Å². The zero-order valence-corrected chi connectivity index (χ0v) is 19.2. The molecule has 1 aromatic carbocycles. The molecule has 0 saturated carbocycles. The Balaban J connectivity index is 1.32. The Labute approximate surface area is 192 Å². The van der Waals surface area contributed by atoms with Gasteiger partial charge in [-0.1, -0.05) is 17.7 Å². The number of amides is 2. The van der Waals surface area contributed by atoms with Crippen molar-refractivity contribution in [2.24, 2.45) is 0 Å². The molecule has 1 aliphatic heterocycles. The third kappa shape index (κ3) is 4.95. The number of piperazine rings is 1. The molecule has 0 radical (unpaired) electrons. The normalized spacial score (nSPS) is 17.0. The van der Waals surface area contributed by atoms with Crippen molar-refractivity contribution in [3.05, 3.63) is 58.4 Å². The minimum absolute atomic E-state index is 0.131. The molecule has 2 aromatic rings. The van der Waals surface area contributed by atoms with Gasteiger partial charge in [-0.2, -0.15) is 4.31 Å². The molecular formula is C22H25ClN4O4S. The van der Waals surface area contributed by atoms with Gasteiger partial charge in [-0.3, -0.25) is 14.6 Å². The zero-order chi connectivity index (χ0) is 22.7. The topological polar surface area (TPSA) is 99.7 Å². The summed E-state index contributed by atoms with van der Waals surface area (Å²) in [5, 5.41) is 2.92. The number of benzene rings is 1. The van der Waals surface area contributed by atoms with Crippen molar-refractivity contribution in [3.8, 4) is 0 Å². The summed E-state index contributed by atoms with van der Waals surface area (Å²) in [6.07, 6.45) is 5.56. The smallest absolute Gasteiger partial charge is 0.270 e. The van der Waals surface area contributed by atoms with Gasteiger partial charge in [0, 0.05) is 37.4 Å². The number of halogens is 1. The number of fused-ring (bicyclic) bond motifs is 1. The van der Waals surface area contributed by atoms with E-state index in [0.29, 0.717) is 9.92 Å². The molecule has 1 N–H and O–H groups in total. The Hall–Kier alpha value is -2.49. The molecule has 32 heavy (non-hydrogen) atoms. The lowest BCUT2D eigenvalue weighted by Crippen LogP contribution is -2.52. The van der Waals surface area contributed by atoms with E-state index in [9.17, 15) is 18.0 Å². The van der Waals surface area contributed by atoms with E-state index in [1.807, 2.05) is 6.07 Å². The van der Waals surface area contributed by atoms with Crippen LogP contribution >= 0.6 is 11.6 Å². The summed E-state index contributed by atoms with van der Waals surface area (Å²) < 4.78 is 27.6. The van der Waals surface area contributed by atoms with Crippen molar-refractivity contribution in [2.75, 3.05) is 32.7 Å². The van der Waals surface area contributed by atoms with Gasteiger partial charge in [-0.05, 0) is 61.1 Å². The predicted octanol–water partition coefficient (Wildman–Crippen LogP) is 1.88. The Morgan fingerprint density at radius 2 is 1.72 bits per heavy atom. The number of carbonyl (C=O) groups excluding carboxylic acids is 2. The number of hydrogen-bond donors (Lipinski definition) is 1. The zero-order valence-electron chi connectivity index (χ0n) is 17.6. The van der Waals surface area contributed by atoms with E-state index >= 15 is 0 Å². The van der Waals surface area contributed by atoms with Crippen LogP contribution in [0, 0.1) is 0 Å². The molecular weight excluding hydrogens is 452 g/mol. The molecule has 0 unspecified atom stereocenters. The van der Waals surface area contributed by atoms with Gasteiger partial charge in [0.25, 0.3) is 5.91 Å². The third-order valence-corrected chi connectivity index (χ3v) is 8.03. The average Bonchev–Trinajstić information content (AvgIpc) is 2.82. The van der Waals surface area contributed by atoms with Gasteiger partial charge in [0.15, 0.2) is 0 Å². The van der Waals surface area contributed by atoms with Crippen molar-refractivity contribution >= 4 is 33.4 Å². The van der Waals surface area contributed by atoms with Gasteiger partial charge in [0.05, 0.1) is 11.4 Å². The van der Waals surface area contributed by atoms with Crippen molar-refractivity contribution in [3.63, 3.8) is 0 Å². The standard InChI is InChI=1S/C22H25ClN4O4S/c23-18-7-8-24-20(14-18)22(29)25-15-21(28)26-9-11-27(12-10-26)32(30,31)19-6-5-16-3-1-2-4-17(16)13-19/h5-8,13-14H,1-4,9-12,15H2,(H,25,29). The van der Waals surface area contributed by atoms with Gasteiger partial charge in [-0.15, -0.1) is 0 Å². The first-order valence-corrected chi connectivity index (χ1v) is 12.5. The molecule has 2 heterocycles. The molecule has 0 spiro atoms. The summed E-state index contributed by atoms with van der Waals surface area (Å²) in [6.45, 7) is 0.789. The summed E-state index contributed by atoms with van der Waals surface area (Å²) in [6, 6.07) is 8.41. The lowest BCUT2D eigenvalue weighted by atomic mass is 9.92. The number of aryl methyl sites for hydroxylation is 2. The molecule has 10 heteroatoms. The molecule has 2 amide bonds. The van der Waals surface area contributed by atoms with Crippen LogP contribution in [0.25, 0.3) is 0 Å². The van der Waals surface area contributed by atoms with Crippen molar-refractivity contribution in [2.45, 2.75) is 30.6 Å². The first-order valence-electron chi connectivity index (χ1n) is 10.6. The monoisotopic (exact) mass is 476 g/mol. The fourth-order valence-corrected chi connectivity index (χ4v) is 5.72. The number of pyridine rings is 1. The first kappa shape index (κ1) is 22.7. The van der Waals surface area contributed by atoms with E-state index in [1.165, 1.54) is 22.1 Å². The van der Waals surface area contributed by atoms with Crippen LogP contribution in [0.3, 0.4) is 0 Å². The highest BCUT2D eigenvalue weighted by Gasteiger charge is 2.30. The van der Waals surface area contributed by atoms with E-state index in [1.54, 1.807) is 23.1 Å². The lowest BCUT2D eigenvalue weighted by molar-refractivity contribution is -0.131. The number of rotatable bonds is 5. The fourth-order valence-electron chi connectivity index (χ4n) is 4.08. The SMILES string of the molecule is O=C(NCC(=O)N1CCN(S(=O)(=O)c2ccc3c(c2)CCCC3)CC1)c1cc(Cl)ccn1. The summed E-state index contributed by atoms with van der Waals surface area (Å²) in [4.78, 5) is 30.4. The Morgan fingerprint density at radius 1 is 1.00 bits per heavy atom. The fraction of sp³-hybridized carbons (Fsp3) is 0.409. The molecule has 1 fully saturated rings.